The summed E-state index contributed by atoms with van der Waals surface area (Å²) in [5.74, 6) is -3.16. The third kappa shape index (κ3) is 2.73. The average Bonchev–Trinajstić information content (AvgIpc) is 2.94. The van der Waals surface area contributed by atoms with Gasteiger partial charge < -0.3 is 20.6 Å². The maximum absolute atomic E-state index is 15.2. The van der Waals surface area contributed by atoms with E-state index in [0.717, 1.165) is 16.7 Å². The van der Waals surface area contributed by atoms with E-state index in [2.05, 4.69) is 0 Å². The second-order valence-corrected chi connectivity index (χ2v) is 7.08. The van der Waals surface area contributed by atoms with Crippen molar-refractivity contribution in [3.63, 3.8) is 0 Å². The van der Waals surface area contributed by atoms with Gasteiger partial charge in [0, 0.05) is 38.6 Å². The van der Waals surface area contributed by atoms with Crippen molar-refractivity contribution in [3.8, 4) is 0 Å². The Morgan fingerprint density at radius 3 is 2.60 bits per heavy atom. The Balaban J connectivity index is 2.41. The number of carbonyl (C=O) groups is 1. The number of nitrogens with zero attached hydrogens (tertiary/aromatic N) is 2. The Morgan fingerprint density at radius 2 is 2.08 bits per heavy atom. The maximum atomic E-state index is 15.2. The number of fused-ring (bicyclic) bond motifs is 1. The van der Waals surface area contributed by atoms with Crippen molar-refractivity contribution < 1.29 is 18.7 Å². The van der Waals surface area contributed by atoms with Crippen LogP contribution in [0, 0.1) is 11.6 Å². The smallest absolute Gasteiger partial charge is 0.340 e. The Hall–Kier alpha value is -2.26. The predicted octanol–water partition coefficient (Wildman–Crippen LogP) is 1.84. The van der Waals surface area contributed by atoms with E-state index < -0.39 is 28.6 Å². The van der Waals surface area contributed by atoms with E-state index in [9.17, 15) is 9.59 Å². The molecule has 3 rings (SSSR count). The van der Waals surface area contributed by atoms with E-state index in [0.29, 0.717) is 19.5 Å². The molecule has 1 fully saturated rings. The van der Waals surface area contributed by atoms with Crippen molar-refractivity contribution in [1.82, 2.24) is 0 Å². The largest absolute Gasteiger partial charge is 0.478 e. The van der Waals surface area contributed by atoms with Crippen LogP contribution in [-0.2, 0) is 0 Å². The van der Waals surface area contributed by atoms with Gasteiger partial charge in [0.25, 0.3) is 0 Å². The van der Waals surface area contributed by atoms with Gasteiger partial charge in [0.15, 0.2) is 11.6 Å². The highest BCUT2D eigenvalue weighted by atomic mass is 32.1. The summed E-state index contributed by atoms with van der Waals surface area (Å²) in [6.07, 6.45) is 0.613. The van der Waals surface area contributed by atoms with Gasteiger partial charge in [-0.3, -0.25) is 4.79 Å². The second-order valence-electron chi connectivity index (χ2n) is 6.20. The van der Waals surface area contributed by atoms with Crippen molar-refractivity contribution >= 4 is 38.8 Å². The van der Waals surface area contributed by atoms with Crippen LogP contribution in [0.15, 0.2) is 10.2 Å². The molecule has 1 aromatic heterocycles. The fourth-order valence-corrected chi connectivity index (χ4v) is 4.06. The van der Waals surface area contributed by atoms with Gasteiger partial charge in [0.1, 0.15) is 11.3 Å². The first-order chi connectivity index (χ1) is 11.7. The lowest BCUT2D eigenvalue weighted by atomic mass is 10.1. The van der Waals surface area contributed by atoms with Crippen molar-refractivity contribution in [3.05, 3.63) is 32.8 Å². The molecular formula is C16H17F2N3O3S. The fraction of sp³-hybridized carbons (Fsp3) is 0.375. The minimum Gasteiger partial charge on any atom is -0.478 e. The number of halogens is 2. The summed E-state index contributed by atoms with van der Waals surface area (Å²) in [4.78, 5) is 26.6. The normalized spacial score (nSPS) is 17.3. The van der Waals surface area contributed by atoms with Gasteiger partial charge in [-0.15, -0.1) is 11.3 Å². The third-order valence-corrected chi connectivity index (χ3v) is 5.24. The first-order valence-electron chi connectivity index (χ1n) is 7.61. The predicted molar refractivity (Wildman–Crippen MR) is 94.1 cm³/mol. The number of aromatic carboxylic acids is 1. The number of carboxylic acids is 1. The van der Waals surface area contributed by atoms with Gasteiger partial charge in [-0.2, -0.15) is 0 Å². The molecule has 25 heavy (non-hydrogen) atoms. The summed E-state index contributed by atoms with van der Waals surface area (Å²) >= 11 is 0.780. The summed E-state index contributed by atoms with van der Waals surface area (Å²) in [6.45, 7) is 0.726. The zero-order chi connectivity index (χ0) is 18.5. The van der Waals surface area contributed by atoms with E-state index in [4.69, 9.17) is 10.8 Å². The summed E-state index contributed by atoms with van der Waals surface area (Å²) in [7, 11) is 3.04. The Morgan fingerprint density at radius 1 is 1.40 bits per heavy atom. The molecule has 6 nitrogen and oxygen atoms in total. The van der Waals surface area contributed by atoms with Crippen LogP contribution in [0.1, 0.15) is 16.8 Å². The number of nitrogens with two attached hydrogens (primary N) is 1. The van der Waals surface area contributed by atoms with Crippen LogP contribution < -0.4 is 21.0 Å². The molecule has 1 aromatic carbocycles. The molecular weight excluding hydrogens is 352 g/mol. The van der Waals surface area contributed by atoms with Gasteiger partial charge in [-0.1, -0.05) is 0 Å². The molecule has 2 aromatic rings. The summed E-state index contributed by atoms with van der Waals surface area (Å²) in [5, 5.41) is 9.97. The molecule has 0 amide bonds. The summed E-state index contributed by atoms with van der Waals surface area (Å²) < 4.78 is 30.1. The van der Waals surface area contributed by atoms with Gasteiger partial charge in [0.05, 0.1) is 15.8 Å². The standard InChI is InChI=1S/C16H17F2N3O3S/c1-20(2)12-9-14(22)8(16(23)24)6-25-15(9)11(18)13(10(12)17)21-4-3-7(19)5-21/h6-7H,3-5,19H2,1-2H3,(H,23,24). The van der Waals surface area contributed by atoms with Crippen LogP contribution in [0.2, 0.25) is 0 Å². The molecule has 0 saturated carbocycles. The van der Waals surface area contributed by atoms with Crippen molar-refractivity contribution in [2.75, 3.05) is 37.0 Å². The van der Waals surface area contributed by atoms with E-state index in [1.54, 1.807) is 0 Å². The minimum atomic E-state index is -1.43. The summed E-state index contributed by atoms with van der Waals surface area (Å²) in [6, 6.07) is -0.176. The van der Waals surface area contributed by atoms with Crippen LogP contribution in [-0.4, -0.2) is 44.3 Å². The Labute approximate surface area is 146 Å². The second kappa shape index (κ2) is 6.23. The molecule has 1 aliphatic heterocycles. The first-order valence-corrected chi connectivity index (χ1v) is 8.49. The molecule has 0 bridgehead atoms. The lowest BCUT2D eigenvalue weighted by molar-refractivity contribution is 0.0696. The molecule has 0 aliphatic carbocycles. The quantitative estimate of drug-likeness (QED) is 0.859. The number of carboxylic acid groups (broad SMARTS) is 1. The zero-order valence-electron chi connectivity index (χ0n) is 13.7. The lowest BCUT2D eigenvalue weighted by Gasteiger charge is -2.25. The molecule has 1 saturated heterocycles. The summed E-state index contributed by atoms with van der Waals surface area (Å²) in [5.41, 5.74) is 4.11. The number of anilines is 2. The molecule has 3 N–H and O–H groups in total. The van der Waals surface area contributed by atoms with E-state index in [-0.39, 0.29) is 27.5 Å². The fourth-order valence-electron chi connectivity index (χ4n) is 3.11. The number of rotatable bonds is 3. The number of hydrogen-bond donors (Lipinski definition) is 2. The molecule has 1 atom stereocenters. The lowest BCUT2D eigenvalue weighted by Crippen LogP contribution is -2.29. The Bertz CT molecular complexity index is 929. The van der Waals surface area contributed by atoms with Gasteiger partial charge >= 0.3 is 5.97 Å². The molecule has 2 heterocycles. The molecule has 1 unspecified atom stereocenters. The van der Waals surface area contributed by atoms with E-state index in [1.807, 2.05) is 0 Å². The zero-order valence-corrected chi connectivity index (χ0v) is 14.5. The van der Waals surface area contributed by atoms with Crippen molar-refractivity contribution in [1.29, 1.82) is 0 Å². The highest BCUT2D eigenvalue weighted by Crippen LogP contribution is 2.40. The van der Waals surface area contributed by atoms with Crippen LogP contribution in [0.3, 0.4) is 0 Å². The van der Waals surface area contributed by atoms with Crippen molar-refractivity contribution in [2.45, 2.75) is 12.5 Å². The topological polar surface area (TPSA) is 86.9 Å². The van der Waals surface area contributed by atoms with E-state index in [1.165, 1.54) is 23.9 Å². The highest BCUT2D eigenvalue weighted by molar-refractivity contribution is 7.17. The van der Waals surface area contributed by atoms with Gasteiger partial charge in [-0.05, 0) is 6.42 Å². The molecule has 9 heteroatoms. The van der Waals surface area contributed by atoms with Crippen LogP contribution >= 0.6 is 11.3 Å². The monoisotopic (exact) mass is 369 g/mol. The van der Waals surface area contributed by atoms with Crippen LogP contribution in [0.5, 0.6) is 0 Å². The SMILES string of the molecule is CN(C)c1c(F)c(N2CCC(N)C2)c(F)c2scc(C(=O)O)c(=O)c12. The van der Waals surface area contributed by atoms with Crippen LogP contribution in [0.25, 0.3) is 10.1 Å². The van der Waals surface area contributed by atoms with Gasteiger partial charge in [0.2, 0.25) is 5.43 Å². The highest BCUT2D eigenvalue weighted by Gasteiger charge is 2.31. The van der Waals surface area contributed by atoms with Crippen LogP contribution in [0.4, 0.5) is 20.2 Å². The maximum Gasteiger partial charge on any atom is 0.340 e. The number of benzene rings is 1. The molecule has 0 spiro atoms. The van der Waals surface area contributed by atoms with Gasteiger partial charge in [-0.25, -0.2) is 13.6 Å². The van der Waals surface area contributed by atoms with E-state index >= 15 is 8.78 Å². The minimum absolute atomic E-state index is 0.0597. The molecule has 0 radical (unpaired) electrons. The molecule has 134 valence electrons. The van der Waals surface area contributed by atoms with Crippen molar-refractivity contribution in [2.24, 2.45) is 5.73 Å². The first kappa shape index (κ1) is 17.6. The Kier molecular flexibility index (Phi) is 4.38. The average molecular weight is 369 g/mol. The molecule has 1 aliphatic rings. The number of hydrogen-bond acceptors (Lipinski definition) is 6. The third-order valence-electron chi connectivity index (χ3n) is 4.27.